The van der Waals surface area contributed by atoms with Crippen LogP contribution < -0.4 is 5.73 Å². The number of rotatable bonds is 6. The molecule has 1 aliphatic carbocycles. The summed E-state index contributed by atoms with van der Waals surface area (Å²) in [6.07, 6.45) is 4.77. The molecular formula is C18H21N5O2. The summed E-state index contributed by atoms with van der Waals surface area (Å²) in [7, 11) is 0. The van der Waals surface area contributed by atoms with E-state index in [9.17, 15) is 5.11 Å². The molecule has 0 saturated heterocycles. The number of benzene rings is 1. The van der Waals surface area contributed by atoms with Gasteiger partial charge in [0.2, 0.25) is 0 Å². The summed E-state index contributed by atoms with van der Waals surface area (Å²) in [5.41, 5.74) is 7.38. The van der Waals surface area contributed by atoms with Crippen LogP contribution >= 0.6 is 0 Å². The summed E-state index contributed by atoms with van der Waals surface area (Å²) in [4.78, 5) is 12.4. The van der Waals surface area contributed by atoms with Crippen molar-refractivity contribution in [3.8, 4) is 0 Å². The molecule has 1 aliphatic rings. The third kappa shape index (κ3) is 3.08. The van der Waals surface area contributed by atoms with Crippen LogP contribution in [0.25, 0.3) is 11.2 Å². The smallest absolute Gasteiger partial charge is 0.165 e. The van der Waals surface area contributed by atoms with Crippen LogP contribution in [0.5, 0.6) is 0 Å². The van der Waals surface area contributed by atoms with Crippen LogP contribution in [0, 0.1) is 5.92 Å². The van der Waals surface area contributed by atoms with Gasteiger partial charge in [-0.2, -0.15) is 0 Å². The van der Waals surface area contributed by atoms with E-state index < -0.39 is 5.60 Å². The summed E-state index contributed by atoms with van der Waals surface area (Å²) in [6.45, 7) is 1.53. The molecule has 0 bridgehead atoms. The van der Waals surface area contributed by atoms with E-state index in [4.69, 9.17) is 10.5 Å². The largest absolute Gasteiger partial charge is 0.388 e. The third-order valence-corrected chi connectivity index (χ3v) is 4.99. The van der Waals surface area contributed by atoms with E-state index in [1.165, 1.54) is 6.33 Å². The Hall–Kier alpha value is -2.51. The number of fused-ring (bicyclic) bond motifs is 1. The molecule has 3 aromatic rings. The number of nitrogens with two attached hydrogens (primary N) is 1. The summed E-state index contributed by atoms with van der Waals surface area (Å²) < 4.78 is 7.66. The number of aliphatic hydroxyl groups is 1. The zero-order valence-electron chi connectivity index (χ0n) is 13.9. The normalized spacial score (nSPS) is 22.8. The lowest BCUT2D eigenvalue weighted by atomic mass is 9.69. The molecular weight excluding hydrogens is 318 g/mol. The van der Waals surface area contributed by atoms with Gasteiger partial charge in [-0.25, -0.2) is 15.0 Å². The second-order valence-electron chi connectivity index (χ2n) is 6.64. The maximum absolute atomic E-state index is 11.0. The van der Waals surface area contributed by atoms with Crippen LogP contribution in [-0.4, -0.2) is 36.8 Å². The van der Waals surface area contributed by atoms with Crippen molar-refractivity contribution in [2.45, 2.75) is 31.6 Å². The van der Waals surface area contributed by atoms with E-state index in [2.05, 4.69) is 15.0 Å². The Bertz CT molecular complexity index is 866. The SMILES string of the molecule is Nc1ncnc2c1ncn2C[C@]1(O)CC[C@H]1COCc1ccccc1. The molecule has 0 amide bonds. The minimum absolute atomic E-state index is 0.104. The highest BCUT2D eigenvalue weighted by molar-refractivity contribution is 5.81. The highest BCUT2D eigenvalue weighted by Gasteiger charge is 2.45. The van der Waals surface area contributed by atoms with Gasteiger partial charge < -0.3 is 20.1 Å². The standard InChI is InChI=1S/C18H21N5O2/c19-16-15-17(21-11-20-16)23(12-22-15)10-18(24)7-6-14(18)9-25-8-13-4-2-1-3-5-13/h1-5,11-12,14,24H,6-10H2,(H2,19,20,21)/t14-,18+/m0/s1. The second kappa shape index (κ2) is 6.42. The van der Waals surface area contributed by atoms with Crippen LogP contribution in [0.3, 0.4) is 0 Å². The van der Waals surface area contributed by atoms with Crippen molar-refractivity contribution >= 4 is 17.0 Å². The number of nitrogens with zero attached hydrogens (tertiary/aromatic N) is 4. The Morgan fingerprint density at radius 2 is 2.08 bits per heavy atom. The first kappa shape index (κ1) is 16.0. The number of imidazole rings is 1. The molecule has 2 heterocycles. The monoisotopic (exact) mass is 339 g/mol. The van der Waals surface area contributed by atoms with Crippen molar-refractivity contribution in [3.63, 3.8) is 0 Å². The van der Waals surface area contributed by atoms with E-state index in [0.717, 1.165) is 18.4 Å². The minimum Gasteiger partial charge on any atom is -0.388 e. The molecule has 25 heavy (non-hydrogen) atoms. The first-order chi connectivity index (χ1) is 12.2. The predicted molar refractivity (Wildman–Crippen MR) is 93.5 cm³/mol. The van der Waals surface area contributed by atoms with E-state index in [-0.39, 0.29) is 5.92 Å². The molecule has 0 aliphatic heterocycles. The molecule has 7 heteroatoms. The molecule has 1 aromatic carbocycles. The second-order valence-corrected chi connectivity index (χ2v) is 6.64. The molecule has 0 unspecified atom stereocenters. The molecule has 130 valence electrons. The average Bonchev–Trinajstić information content (AvgIpc) is 3.03. The Balaban J connectivity index is 1.40. The first-order valence-electron chi connectivity index (χ1n) is 8.41. The molecule has 2 aromatic heterocycles. The summed E-state index contributed by atoms with van der Waals surface area (Å²) in [6, 6.07) is 10.1. The van der Waals surface area contributed by atoms with E-state index in [1.807, 2.05) is 34.9 Å². The lowest BCUT2D eigenvalue weighted by Gasteiger charge is -2.45. The number of anilines is 1. The molecule has 7 nitrogen and oxygen atoms in total. The van der Waals surface area contributed by atoms with Crippen molar-refractivity contribution in [1.29, 1.82) is 0 Å². The maximum Gasteiger partial charge on any atom is 0.165 e. The molecule has 0 radical (unpaired) electrons. The predicted octanol–water partition coefficient (Wildman–Crippen LogP) is 1.77. The van der Waals surface area contributed by atoms with E-state index >= 15 is 0 Å². The maximum atomic E-state index is 11.0. The van der Waals surface area contributed by atoms with Crippen LogP contribution in [0.1, 0.15) is 18.4 Å². The number of aromatic nitrogens is 4. The van der Waals surface area contributed by atoms with E-state index in [1.54, 1.807) is 6.33 Å². The third-order valence-electron chi connectivity index (χ3n) is 4.99. The van der Waals surface area contributed by atoms with Gasteiger partial charge >= 0.3 is 0 Å². The van der Waals surface area contributed by atoms with Crippen molar-refractivity contribution in [2.75, 3.05) is 12.3 Å². The lowest BCUT2D eigenvalue weighted by molar-refractivity contribution is -0.133. The molecule has 3 N–H and O–H groups in total. The van der Waals surface area contributed by atoms with Crippen LogP contribution in [-0.2, 0) is 17.9 Å². The Morgan fingerprint density at radius 3 is 2.84 bits per heavy atom. The Kier molecular flexibility index (Phi) is 4.10. The van der Waals surface area contributed by atoms with Gasteiger partial charge in [0.15, 0.2) is 11.5 Å². The van der Waals surface area contributed by atoms with Gasteiger partial charge in [-0.3, -0.25) is 0 Å². The quantitative estimate of drug-likeness (QED) is 0.710. The molecule has 1 fully saturated rings. The van der Waals surface area contributed by atoms with Crippen molar-refractivity contribution in [1.82, 2.24) is 19.5 Å². The fourth-order valence-electron chi connectivity index (χ4n) is 3.33. The zero-order chi connectivity index (χ0) is 17.3. The Labute approximate surface area is 145 Å². The van der Waals surface area contributed by atoms with Gasteiger partial charge in [-0.1, -0.05) is 30.3 Å². The Morgan fingerprint density at radius 1 is 1.24 bits per heavy atom. The average molecular weight is 339 g/mol. The summed E-state index contributed by atoms with van der Waals surface area (Å²) in [5, 5.41) is 11.0. The van der Waals surface area contributed by atoms with Crippen molar-refractivity contribution in [3.05, 3.63) is 48.5 Å². The summed E-state index contributed by atoms with van der Waals surface area (Å²) >= 11 is 0. The minimum atomic E-state index is -0.802. The number of hydrogen-bond donors (Lipinski definition) is 2. The highest BCUT2D eigenvalue weighted by atomic mass is 16.5. The first-order valence-corrected chi connectivity index (χ1v) is 8.41. The van der Waals surface area contributed by atoms with Crippen LogP contribution in [0.15, 0.2) is 43.0 Å². The van der Waals surface area contributed by atoms with Crippen molar-refractivity contribution in [2.24, 2.45) is 5.92 Å². The fraction of sp³-hybridized carbons (Fsp3) is 0.389. The van der Waals surface area contributed by atoms with Crippen molar-refractivity contribution < 1.29 is 9.84 Å². The fourth-order valence-corrected chi connectivity index (χ4v) is 3.33. The highest BCUT2D eigenvalue weighted by Crippen LogP contribution is 2.40. The van der Waals surface area contributed by atoms with Gasteiger partial charge in [-0.15, -0.1) is 0 Å². The lowest BCUT2D eigenvalue weighted by Crippen LogP contribution is -2.52. The summed E-state index contributed by atoms with van der Waals surface area (Å²) in [5.74, 6) is 0.458. The van der Waals surface area contributed by atoms with Gasteiger partial charge in [0.05, 0.1) is 31.7 Å². The van der Waals surface area contributed by atoms with Crippen LogP contribution in [0.2, 0.25) is 0 Å². The van der Waals surface area contributed by atoms with E-state index in [0.29, 0.717) is 36.7 Å². The molecule has 4 rings (SSSR count). The molecule has 1 saturated carbocycles. The number of nitrogen functional groups attached to an aromatic ring is 1. The van der Waals surface area contributed by atoms with Gasteiger partial charge in [0.1, 0.15) is 11.8 Å². The van der Waals surface area contributed by atoms with Gasteiger partial charge in [-0.05, 0) is 18.4 Å². The van der Waals surface area contributed by atoms with Crippen LogP contribution in [0.4, 0.5) is 5.82 Å². The number of hydrogen-bond acceptors (Lipinski definition) is 6. The number of ether oxygens (including phenoxy) is 1. The zero-order valence-corrected chi connectivity index (χ0v) is 13.9. The van der Waals surface area contributed by atoms with Gasteiger partial charge in [0.25, 0.3) is 0 Å². The molecule has 0 spiro atoms. The van der Waals surface area contributed by atoms with Gasteiger partial charge in [0, 0.05) is 5.92 Å². The molecule has 2 atom stereocenters. The topological polar surface area (TPSA) is 99.1 Å².